The highest BCUT2D eigenvalue weighted by atomic mass is 16.4. The average Bonchev–Trinajstić information content (AvgIpc) is 2.80. The van der Waals surface area contributed by atoms with Gasteiger partial charge in [0.2, 0.25) is 11.6 Å². The molecule has 0 unspecified atom stereocenters. The second-order valence-corrected chi connectivity index (χ2v) is 3.98. The molecule has 1 aliphatic heterocycles. The number of aliphatic hydroxyl groups excluding tert-OH is 4. The van der Waals surface area contributed by atoms with E-state index >= 15 is 0 Å². The van der Waals surface area contributed by atoms with Crippen molar-refractivity contribution < 1.29 is 31.4 Å². The summed E-state index contributed by atoms with van der Waals surface area (Å²) in [6.45, 7) is -0.477. The lowest BCUT2D eigenvalue weighted by atomic mass is 9.98. The predicted octanol–water partition coefficient (Wildman–Crippen LogP) is -3.05. The highest BCUT2D eigenvalue weighted by Crippen LogP contribution is 2.09. The number of ketones is 2. The third-order valence-corrected chi connectivity index (χ3v) is 2.70. The van der Waals surface area contributed by atoms with Crippen LogP contribution >= 0.6 is 0 Å². The number of carbonyl (C=O) groups excluding carboxylic acids is 2. The Kier molecular flexibility index (Phi) is 4.57. The van der Waals surface area contributed by atoms with E-state index < -0.39 is 42.5 Å². The van der Waals surface area contributed by atoms with Gasteiger partial charge >= 0.3 is 0 Å². The number of aliphatic hydroxyl groups is 4. The van der Waals surface area contributed by atoms with Crippen molar-refractivity contribution in [3.63, 3.8) is 0 Å². The van der Waals surface area contributed by atoms with Crippen molar-refractivity contribution in [2.24, 2.45) is 0 Å². The fourth-order valence-electron chi connectivity index (χ4n) is 1.62. The zero-order valence-corrected chi connectivity index (χ0v) is 9.19. The molecule has 0 radical (unpaired) electrons. The molecule has 0 aliphatic carbocycles. The van der Waals surface area contributed by atoms with E-state index in [9.17, 15) is 19.8 Å². The lowest BCUT2D eigenvalue weighted by Crippen LogP contribution is -2.49. The molecular formula is C10H17NO6. The third kappa shape index (κ3) is 3.30. The summed E-state index contributed by atoms with van der Waals surface area (Å²) in [5.41, 5.74) is 0. The molecule has 0 aromatic carbocycles. The van der Waals surface area contributed by atoms with Crippen LogP contribution < -0.4 is 5.31 Å². The predicted molar refractivity (Wildman–Crippen MR) is 56.1 cm³/mol. The van der Waals surface area contributed by atoms with E-state index in [0.29, 0.717) is 19.4 Å². The molecule has 4 atom stereocenters. The van der Waals surface area contributed by atoms with Gasteiger partial charge in [0.15, 0.2) is 0 Å². The molecule has 5 N–H and O–H groups in total. The lowest BCUT2D eigenvalue weighted by Gasteiger charge is -2.20. The molecule has 7 heteroatoms. The van der Waals surface area contributed by atoms with Crippen LogP contribution in [0.5, 0.6) is 0 Å². The number of rotatable bonds is 6. The first-order valence-electron chi connectivity index (χ1n) is 5.83. The van der Waals surface area contributed by atoms with Crippen LogP contribution in [0.3, 0.4) is 0 Å². The van der Waals surface area contributed by atoms with Gasteiger partial charge in [0.25, 0.3) is 0 Å². The van der Waals surface area contributed by atoms with E-state index in [1.54, 1.807) is 0 Å². The fourth-order valence-corrected chi connectivity index (χ4v) is 1.62. The zero-order valence-electron chi connectivity index (χ0n) is 10.2. The van der Waals surface area contributed by atoms with Gasteiger partial charge in [-0.2, -0.15) is 0 Å². The quantitative estimate of drug-likeness (QED) is 0.316. The van der Waals surface area contributed by atoms with Gasteiger partial charge in [-0.1, -0.05) is 0 Å². The normalized spacial score (nSPS) is 27.3. The molecule has 98 valence electrons. The van der Waals surface area contributed by atoms with Crippen LogP contribution in [0.2, 0.25) is 1.41 Å². The molecule has 7 nitrogen and oxygen atoms in total. The molecule has 1 heterocycles. The summed E-state index contributed by atoms with van der Waals surface area (Å²) in [5, 5.41) is 37.4. The molecule has 0 bridgehead atoms. The van der Waals surface area contributed by atoms with Crippen LogP contribution in [0.1, 0.15) is 12.8 Å². The Bertz CT molecular complexity index is 325. The van der Waals surface area contributed by atoms with E-state index in [4.69, 9.17) is 11.6 Å². The zero-order chi connectivity index (χ0) is 13.9. The maximum atomic E-state index is 11.7. The van der Waals surface area contributed by atoms with Gasteiger partial charge in [-0.3, -0.25) is 9.59 Å². The maximum absolute atomic E-state index is 11.7. The monoisotopic (exact) mass is 248 g/mol. The Balaban J connectivity index is 2.66. The lowest BCUT2D eigenvalue weighted by molar-refractivity contribution is -0.150. The molecule has 0 saturated carbocycles. The van der Waals surface area contributed by atoms with Gasteiger partial charge < -0.3 is 25.7 Å². The third-order valence-electron chi connectivity index (χ3n) is 2.70. The molecule has 0 aromatic heterocycles. The standard InChI is InChI=1S/C10H17NO6/c12-4-6(13)8(15)10(17)9(16)7(14)5-2-1-3-11-5/h5-6,8,10-13,15,17H,1-4H2/t5-,6+,8+,10+/m0/s1/i/hD. The molecule has 1 saturated heterocycles. The van der Waals surface area contributed by atoms with Gasteiger partial charge in [0.05, 0.1) is 12.6 Å². The van der Waals surface area contributed by atoms with Gasteiger partial charge in [0, 0.05) is 0 Å². The summed E-state index contributed by atoms with van der Waals surface area (Å²) in [5.74, 6) is -2.21. The highest BCUT2D eigenvalue weighted by Gasteiger charge is 2.37. The summed E-state index contributed by atoms with van der Waals surface area (Å²) in [4.78, 5) is 23.3. The van der Waals surface area contributed by atoms with Gasteiger partial charge in [-0.25, -0.2) is 0 Å². The van der Waals surface area contributed by atoms with Crippen molar-refractivity contribution in [1.29, 1.82) is 0 Å². The maximum Gasteiger partial charge on any atom is 0.231 e. The fraction of sp³-hybridized carbons (Fsp3) is 0.800. The molecule has 0 spiro atoms. The molecular weight excluding hydrogens is 230 g/mol. The number of nitrogens with one attached hydrogen (secondary N) is 1. The first-order chi connectivity index (χ1) is 8.40. The van der Waals surface area contributed by atoms with Gasteiger partial charge in [-0.05, 0) is 19.4 Å². The largest absolute Gasteiger partial charge is 0.394 e. The Hall–Kier alpha value is -0.860. The number of hydrogen-bond acceptors (Lipinski definition) is 7. The second kappa shape index (κ2) is 6.18. The SMILES string of the molecule is [2H]N1CCC[C@H]1C(=O)C(=O)[C@H](O)[C@H](O)[C@H](O)CO. The summed E-state index contributed by atoms with van der Waals surface area (Å²) >= 11 is 0. The van der Waals surface area contributed by atoms with Crippen LogP contribution in [0.15, 0.2) is 0 Å². The van der Waals surface area contributed by atoms with Crippen LogP contribution in [-0.4, -0.2) is 69.5 Å². The van der Waals surface area contributed by atoms with Crippen LogP contribution in [0.4, 0.5) is 0 Å². The van der Waals surface area contributed by atoms with Crippen LogP contribution in [0.25, 0.3) is 0 Å². The molecule has 0 aromatic rings. The summed E-state index contributed by atoms with van der Waals surface area (Å²) in [6, 6.07) is -0.911. The van der Waals surface area contributed by atoms with Crippen molar-refractivity contribution in [1.82, 2.24) is 5.31 Å². The Morgan fingerprint density at radius 3 is 2.53 bits per heavy atom. The first-order valence-corrected chi connectivity index (χ1v) is 5.38. The molecule has 1 fully saturated rings. The van der Waals surface area contributed by atoms with E-state index in [0.717, 1.165) is 5.31 Å². The number of carbonyl (C=O) groups is 2. The van der Waals surface area contributed by atoms with E-state index in [1.165, 1.54) is 0 Å². The van der Waals surface area contributed by atoms with Crippen molar-refractivity contribution in [3.8, 4) is 0 Å². The Labute approximate surface area is 99.5 Å². The minimum atomic E-state index is -2.09. The number of Topliss-reactive ketones (excluding diaryl/α,β-unsaturated/α-hetero) is 2. The Morgan fingerprint density at radius 2 is 2.06 bits per heavy atom. The van der Waals surface area contributed by atoms with E-state index in [2.05, 4.69) is 0 Å². The van der Waals surface area contributed by atoms with Crippen molar-refractivity contribution in [2.75, 3.05) is 13.2 Å². The molecule has 0 amide bonds. The second-order valence-electron chi connectivity index (χ2n) is 3.98. The van der Waals surface area contributed by atoms with Crippen LogP contribution in [0, 0.1) is 0 Å². The summed E-state index contributed by atoms with van der Waals surface area (Å²) < 4.78 is 7.41. The van der Waals surface area contributed by atoms with Crippen molar-refractivity contribution in [2.45, 2.75) is 37.2 Å². The smallest absolute Gasteiger partial charge is 0.231 e. The minimum absolute atomic E-state index is 0.347. The summed E-state index contributed by atoms with van der Waals surface area (Å²) in [6.07, 6.45) is -4.77. The molecule has 1 aliphatic rings. The van der Waals surface area contributed by atoms with Crippen molar-refractivity contribution >= 4 is 11.6 Å². The van der Waals surface area contributed by atoms with Crippen LogP contribution in [-0.2, 0) is 9.59 Å². The van der Waals surface area contributed by atoms with Crippen molar-refractivity contribution in [3.05, 3.63) is 0 Å². The van der Waals surface area contributed by atoms with E-state index in [-0.39, 0.29) is 0 Å². The average molecular weight is 248 g/mol. The number of hydrogen-bond donors (Lipinski definition) is 5. The topological polar surface area (TPSA) is 127 Å². The van der Waals surface area contributed by atoms with E-state index in [1.807, 2.05) is 0 Å². The van der Waals surface area contributed by atoms with Gasteiger partial charge in [-0.15, -0.1) is 0 Å². The highest BCUT2D eigenvalue weighted by molar-refractivity contribution is 6.40. The first kappa shape index (κ1) is 12.6. The Morgan fingerprint density at radius 1 is 1.41 bits per heavy atom. The molecule has 17 heavy (non-hydrogen) atoms. The summed E-state index contributed by atoms with van der Waals surface area (Å²) in [7, 11) is 0. The minimum Gasteiger partial charge on any atom is -0.394 e. The van der Waals surface area contributed by atoms with Gasteiger partial charge in [0.1, 0.15) is 19.7 Å². The molecule has 1 rings (SSSR count).